The molecule has 0 spiro atoms. The quantitative estimate of drug-likeness (QED) is 0.904. The Morgan fingerprint density at radius 1 is 1.42 bits per heavy atom. The molecule has 19 heavy (non-hydrogen) atoms. The van der Waals surface area contributed by atoms with E-state index in [9.17, 15) is 0 Å². The summed E-state index contributed by atoms with van der Waals surface area (Å²) < 4.78 is 5.66. The van der Waals surface area contributed by atoms with Crippen LogP contribution in [0, 0.1) is 0 Å². The van der Waals surface area contributed by atoms with Gasteiger partial charge in [0, 0.05) is 19.1 Å². The van der Waals surface area contributed by atoms with Gasteiger partial charge in [-0.05, 0) is 43.5 Å². The predicted molar refractivity (Wildman–Crippen MR) is 82.0 cm³/mol. The fourth-order valence-corrected chi connectivity index (χ4v) is 2.45. The Balaban J connectivity index is 0.00000180. The lowest BCUT2D eigenvalue weighted by Gasteiger charge is -2.30. The molecule has 4 heteroatoms. The Morgan fingerprint density at radius 2 is 2.26 bits per heavy atom. The number of rotatable bonds is 5. The van der Waals surface area contributed by atoms with Crippen molar-refractivity contribution >= 4 is 12.4 Å². The summed E-state index contributed by atoms with van der Waals surface area (Å²) in [5.41, 5.74) is 7.33. The number of nitrogens with zero attached hydrogens (tertiary/aromatic N) is 1. The molecule has 0 radical (unpaired) electrons. The van der Waals surface area contributed by atoms with Gasteiger partial charge in [-0.25, -0.2) is 0 Å². The van der Waals surface area contributed by atoms with Gasteiger partial charge in [0.15, 0.2) is 0 Å². The van der Waals surface area contributed by atoms with Gasteiger partial charge in [0.05, 0.1) is 6.61 Å². The van der Waals surface area contributed by atoms with Gasteiger partial charge in [-0.2, -0.15) is 0 Å². The fourth-order valence-electron chi connectivity index (χ4n) is 2.45. The molecular formula is C15H25ClN2O. The highest BCUT2D eigenvalue weighted by atomic mass is 35.5. The monoisotopic (exact) mass is 284 g/mol. The van der Waals surface area contributed by atoms with Gasteiger partial charge in [0.2, 0.25) is 0 Å². The van der Waals surface area contributed by atoms with E-state index in [2.05, 4.69) is 30.0 Å². The number of likely N-dealkylation sites (tertiary alicyclic amines) is 1. The lowest BCUT2D eigenvalue weighted by atomic mass is 10.1. The van der Waals surface area contributed by atoms with Crippen molar-refractivity contribution in [3.63, 3.8) is 0 Å². The van der Waals surface area contributed by atoms with Crippen LogP contribution in [0.4, 0.5) is 0 Å². The van der Waals surface area contributed by atoms with Crippen molar-refractivity contribution in [1.29, 1.82) is 0 Å². The molecule has 2 N–H and O–H groups in total. The van der Waals surface area contributed by atoms with Gasteiger partial charge < -0.3 is 10.5 Å². The minimum Gasteiger partial charge on any atom is -0.494 e. The third-order valence-corrected chi connectivity index (χ3v) is 3.32. The maximum atomic E-state index is 6.01. The number of hydrogen-bond acceptors (Lipinski definition) is 3. The van der Waals surface area contributed by atoms with Crippen LogP contribution in [-0.4, -0.2) is 30.6 Å². The zero-order valence-electron chi connectivity index (χ0n) is 11.7. The molecule has 2 rings (SSSR count). The molecule has 0 saturated carbocycles. The largest absolute Gasteiger partial charge is 0.494 e. The molecule has 0 aliphatic carbocycles. The van der Waals surface area contributed by atoms with Crippen LogP contribution < -0.4 is 10.5 Å². The van der Waals surface area contributed by atoms with Crippen LogP contribution in [-0.2, 0) is 6.54 Å². The first-order valence-electron chi connectivity index (χ1n) is 6.97. The van der Waals surface area contributed by atoms with Crippen molar-refractivity contribution in [2.75, 3.05) is 19.7 Å². The normalized spacial score (nSPS) is 19.8. The van der Waals surface area contributed by atoms with Crippen LogP contribution in [0.3, 0.4) is 0 Å². The predicted octanol–water partition coefficient (Wildman–Crippen LogP) is 2.82. The fraction of sp³-hybridized carbons (Fsp3) is 0.600. The Morgan fingerprint density at radius 3 is 3.00 bits per heavy atom. The minimum atomic E-state index is 0. The van der Waals surface area contributed by atoms with E-state index in [0.29, 0.717) is 6.04 Å². The van der Waals surface area contributed by atoms with E-state index < -0.39 is 0 Å². The molecule has 0 amide bonds. The van der Waals surface area contributed by atoms with Crippen LogP contribution in [0.5, 0.6) is 5.75 Å². The molecule has 1 aliphatic rings. The van der Waals surface area contributed by atoms with Gasteiger partial charge in [-0.15, -0.1) is 12.4 Å². The van der Waals surface area contributed by atoms with E-state index in [1.807, 2.05) is 6.07 Å². The van der Waals surface area contributed by atoms with Gasteiger partial charge in [0.1, 0.15) is 5.75 Å². The number of piperidine rings is 1. The van der Waals surface area contributed by atoms with E-state index in [0.717, 1.165) is 44.8 Å². The van der Waals surface area contributed by atoms with Crippen molar-refractivity contribution < 1.29 is 4.74 Å². The Labute approximate surface area is 122 Å². The molecule has 1 aliphatic heterocycles. The average molecular weight is 285 g/mol. The zero-order chi connectivity index (χ0) is 12.8. The molecule has 1 saturated heterocycles. The molecule has 1 heterocycles. The molecule has 0 aromatic heterocycles. The van der Waals surface area contributed by atoms with E-state index in [4.69, 9.17) is 10.5 Å². The van der Waals surface area contributed by atoms with Crippen LogP contribution in [0.1, 0.15) is 31.7 Å². The summed E-state index contributed by atoms with van der Waals surface area (Å²) in [6.07, 6.45) is 3.43. The average Bonchev–Trinajstić information content (AvgIpc) is 2.37. The van der Waals surface area contributed by atoms with Crippen LogP contribution in [0.25, 0.3) is 0 Å². The number of hydrogen-bond donors (Lipinski definition) is 1. The van der Waals surface area contributed by atoms with E-state index in [-0.39, 0.29) is 12.4 Å². The molecule has 1 fully saturated rings. The highest BCUT2D eigenvalue weighted by Gasteiger charge is 2.16. The number of halogens is 1. The topological polar surface area (TPSA) is 38.5 Å². The Bertz CT molecular complexity index is 373. The van der Waals surface area contributed by atoms with E-state index in [1.165, 1.54) is 12.0 Å². The van der Waals surface area contributed by atoms with Gasteiger partial charge >= 0.3 is 0 Å². The second-order valence-electron chi connectivity index (χ2n) is 5.13. The molecule has 0 bridgehead atoms. The van der Waals surface area contributed by atoms with Crippen LogP contribution >= 0.6 is 12.4 Å². The zero-order valence-corrected chi connectivity index (χ0v) is 12.5. The van der Waals surface area contributed by atoms with Crippen molar-refractivity contribution in [2.24, 2.45) is 5.73 Å². The Kier molecular flexibility index (Phi) is 7.21. The molecule has 1 atom stereocenters. The molecule has 1 unspecified atom stereocenters. The highest BCUT2D eigenvalue weighted by Crippen LogP contribution is 2.17. The summed E-state index contributed by atoms with van der Waals surface area (Å²) in [5.74, 6) is 0.982. The number of ether oxygens (including phenoxy) is 1. The van der Waals surface area contributed by atoms with Gasteiger partial charge in [-0.1, -0.05) is 19.1 Å². The minimum absolute atomic E-state index is 0. The van der Waals surface area contributed by atoms with Gasteiger partial charge in [-0.3, -0.25) is 4.90 Å². The summed E-state index contributed by atoms with van der Waals surface area (Å²) in [4.78, 5) is 2.44. The SMILES string of the molecule is CCCOc1cccc(CN2CCCC(N)C2)c1.Cl. The standard InChI is InChI=1S/C15H24N2O.ClH/c1-2-9-18-15-7-3-5-13(10-15)11-17-8-4-6-14(16)12-17;/h3,5,7,10,14H,2,4,6,8-9,11-12,16H2,1H3;1H. The number of nitrogens with two attached hydrogens (primary N) is 1. The molecule has 3 nitrogen and oxygen atoms in total. The Hall–Kier alpha value is -0.770. The maximum absolute atomic E-state index is 6.01. The second-order valence-corrected chi connectivity index (χ2v) is 5.13. The third-order valence-electron chi connectivity index (χ3n) is 3.32. The maximum Gasteiger partial charge on any atom is 0.119 e. The highest BCUT2D eigenvalue weighted by molar-refractivity contribution is 5.85. The number of benzene rings is 1. The first-order valence-corrected chi connectivity index (χ1v) is 6.97. The van der Waals surface area contributed by atoms with Crippen molar-refractivity contribution in [3.8, 4) is 5.75 Å². The molecule has 108 valence electrons. The summed E-state index contributed by atoms with van der Waals surface area (Å²) in [6, 6.07) is 8.76. The summed E-state index contributed by atoms with van der Waals surface area (Å²) in [6.45, 7) is 6.07. The summed E-state index contributed by atoms with van der Waals surface area (Å²) >= 11 is 0. The lowest BCUT2D eigenvalue weighted by Crippen LogP contribution is -2.42. The van der Waals surface area contributed by atoms with E-state index in [1.54, 1.807) is 0 Å². The third kappa shape index (κ3) is 5.39. The molecule has 1 aromatic carbocycles. The summed E-state index contributed by atoms with van der Waals surface area (Å²) in [5, 5.41) is 0. The van der Waals surface area contributed by atoms with E-state index >= 15 is 0 Å². The van der Waals surface area contributed by atoms with Crippen molar-refractivity contribution in [3.05, 3.63) is 29.8 Å². The first-order chi connectivity index (χ1) is 8.78. The second kappa shape index (κ2) is 8.41. The van der Waals surface area contributed by atoms with Crippen molar-refractivity contribution in [2.45, 2.75) is 38.8 Å². The first kappa shape index (κ1) is 16.3. The van der Waals surface area contributed by atoms with Gasteiger partial charge in [0.25, 0.3) is 0 Å². The van der Waals surface area contributed by atoms with Crippen LogP contribution in [0.15, 0.2) is 24.3 Å². The van der Waals surface area contributed by atoms with Crippen molar-refractivity contribution in [1.82, 2.24) is 4.90 Å². The smallest absolute Gasteiger partial charge is 0.119 e. The summed E-state index contributed by atoms with van der Waals surface area (Å²) in [7, 11) is 0. The molecule has 1 aromatic rings. The van der Waals surface area contributed by atoms with Crippen LogP contribution in [0.2, 0.25) is 0 Å². The lowest BCUT2D eigenvalue weighted by molar-refractivity contribution is 0.201. The molecular weight excluding hydrogens is 260 g/mol.